The summed E-state index contributed by atoms with van der Waals surface area (Å²) in [6, 6.07) is -1.84. The molecule has 0 saturated carbocycles. The van der Waals surface area contributed by atoms with Crippen molar-refractivity contribution in [2.45, 2.75) is 36.1 Å². The van der Waals surface area contributed by atoms with Crippen LogP contribution >= 0.6 is 23.1 Å². The van der Waals surface area contributed by atoms with Crippen LogP contribution in [0.25, 0.3) is 0 Å². The van der Waals surface area contributed by atoms with Gasteiger partial charge in [0.1, 0.15) is 31.2 Å². The molecule has 0 aliphatic carbocycles. The van der Waals surface area contributed by atoms with Gasteiger partial charge in [0.15, 0.2) is 10.8 Å². The number of nitrogens with two attached hydrogens (primary N) is 1. The highest BCUT2D eigenvalue weighted by Gasteiger charge is 2.47. The van der Waals surface area contributed by atoms with Gasteiger partial charge < -0.3 is 25.8 Å². The van der Waals surface area contributed by atoms with Gasteiger partial charge in [0.05, 0.1) is 5.37 Å². The van der Waals surface area contributed by atoms with E-state index in [4.69, 9.17) is 5.73 Å². The molecule has 1 aromatic rings. The Morgan fingerprint density at radius 3 is 2.73 bits per heavy atom. The predicted octanol–water partition coefficient (Wildman–Crippen LogP) is -0.346. The van der Waals surface area contributed by atoms with Gasteiger partial charge in [-0.25, -0.2) is 4.98 Å². The van der Waals surface area contributed by atoms with Crippen LogP contribution in [0.15, 0.2) is 10.5 Å². The van der Waals surface area contributed by atoms with E-state index in [0.717, 1.165) is 11.3 Å². The molecule has 26 heavy (non-hydrogen) atoms. The number of carbonyl (C=O) groups excluding carboxylic acids is 2. The zero-order chi connectivity index (χ0) is 19.5. The van der Waals surface area contributed by atoms with Crippen molar-refractivity contribution in [1.82, 2.24) is 15.6 Å². The van der Waals surface area contributed by atoms with Crippen LogP contribution < -0.4 is 16.4 Å². The number of anilines is 1. The molecule has 3 unspecified atom stereocenters. The summed E-state index contributed by atoms with van der Waals surface area (Å²) >= 11 is 2.39. The Morgan fingerprint density at radius 1 is 1.58 bits per heavy atom. The highest BCUT2D eigenvalue weighted by molar-refractivity contribution is 8.01. The monoisotopic (exact) mass is 401 g/mol. The molecule has 142 valence electrons. The summed E-state index contributed by atoms with van der Waals surface area (Å²) in [5, 5.41) is 19.5. The summed E-state index contributed by atoms with van der Waals surface area (Å²) in [7, 11) is 1.27. The zero-order valence-corrected chi connectivity index (χ0v) is 15.9. The van der Waals surface area contributed by atoms with Crippen LogP contribution in [0.5, 0.6) is 0 Å². The first kappa shape index (κ1) is 20.1. The molecule has 1 fully saturated rings. The molecule has 1 aliphatic rings. The third kappa shape index (κ3) is 4.31. The molecule has 12 heteroatoms. The SMILES string of the molecule is CON=C(C(=O)NC(C=O)C1NC(C(=O)O)C(C)(C)S1)c1csc(N)n1. The highest BCUT2D eigenvalue weighted by Crippen LogP contribution is 2.38. The second-order valence-corrected chi connectivity index (χ2v) is 8.59. The number of nitrogens with one attached hydrogen (secondary N) is 2. The average Bonchev–Trinajstić information content (AvgIpc) is 3.12. The molecule has 1 saturated heterocycles. The lowest BCUT2D eigenvalue weighted by Gasteiger charge is -2.21. The van der Waals surface area contributed by atoms with E-state index in [1.165, 1.54) is 24.3 Å². The number of nitrogens with zero attached hydrogens (tertiary/aromatic N) is 2. The summed E-state index contributed by atoms with van der Waals surface area (Å²) in [5.41, 5.74) is 5.65. The maximum Gasteiger partial charge on any atom is 0.322 e. The Morgan fingerprint density at radius 2 is 2.27 bits per heavy atom. The number of oxime groups is 1. The van der Waals surface area contributed by atoms with Crippen LogP contribution in [0.2, 0.25) is 0 Å². The van der Waals surface area contributed by atoms with Gasteiger partial charge in [0, 0.05) is 10.1 Å². The maximum absolute atomic E-state index is 12.5. The number of hydrogen-bond acceptors (Lipinski definition) is 10. The van der Waals surface area contributed by atoms with E-state index in [-0.39, 0.29) is 16.5 Å². The molecule has 1 aliphatic heterocycles. The van der Waals surface area contributed by atoms with Crippen molar-refractivity contribution in [2.24, 2.45) is 5.16 Å². The van der Waals surface area contributed by atoms with Crippen molar-refractivity contribution >= 4 is 52.1 Å². The molecule has 3 atom stereocenters. The van der Waals surface area contributed by atoms with E-state index in [9.17, 15) is 19.5 Å². The molecular formula is C14H19N5O5S2. The first-order valence-corrected chi connectivity index (χ1v) is 9.21. The minimum atomic E-state index is -1.03. The summed E-state index contributed by atoms with van der Waals surface area (Å²) in [5.74, 6) is -1.71. The topological polar surface area (TPSA) is 156 Å². The van der Waals surface area contributed by atoms with E-state index < -0.39 is 34.1 Å². The second kappa shape index (κ2) is 8.01. The fourth-order valence-corrected chi connectivity index (χ4v) is 4.42. The number of aliphatic carboxylic acids is 1. The number of thioether (sulfide) groups is 1. The molecule has 0 aromatic carbocycles. The van der Waals surface area contributed by atoms with Gasteiger partial charge >= 0.3 is 5.97 Å². The largest absolute Gasteiger partial charge is 0.480 e. The Bertz CT molecular complexity index is 735. The van der Waals surface area contributed by atoms with Crippen LogP contribution in [-0.2, 0) is 19.2 Å². The number of carbonyl (C=O) groups is 3. The molecule has 0 spiro atoms. The van der Waals surface area contributed by atoms with E-state index in [1.54, 1.807) is 13.8 Å². The van der Waals surface area contributed by atoms with E-state index in [2.05, 4.69) is 25.6 Å². The summed E-state index contributed by atoms with van der Waals surface area (Å²) in [6.07, 6.45) is 0.544. The number of rotatable bonds is 7. The van der Waals surface area contributed by atoms with Crippen molar-refractivity contribution in [2.75, 3.05) is 12.8 Å². The molecule has 10 nitrogen and oxygen atoms in total. The smallest absolute Gasteiger partial charge is 0.322 e. The fourth-order valence-electron chi connectivity index (χ4n) is 2.43. The third-order valence-corrected chi connectivity index (χ3v) is 5.84. The lowest BCUT2D eigenvalue weighted by Crippen LogP contribution is -2.52. The third-order valence-electron chi connectivity index (χ3n) is 3.64. The van der Waals surface area contributed by atoms with Crippen LogP contribution in [-0.4, -0.2) is 63.3 Å². The first-order valence-electron chi connectivity index (χ1n) is 7.45. The number of carboxylic acids is 1. The number of carboxylic acid groups (broad SMARTS) is 1. The number of amides is 1. The van der Waals surface area contributed by atoms with Gasteiger partial charge in [-0.15, -0.1) is 23.1 Å². The number of nitrogen functional groups attached to an aromatic ring is 1. The predicted molar refractivity (Wildman–Crippen MR) is 98.1 cm³/mol. The Hall–Kier alpha value is -2.18. The molecule has 5 N–H and O–H groups in total. The van der Waals surface area contributed by atoms with E-state index in [0.29, 0.717) is 6.29 Å². The molecule has 1 aromatic heterocycles. The van der Waals surface area contributed by atoms with Gasteiger partial charge in [-0.3, -0.25) is 14.9 Å². The molecule has 0 bridgehead atoms. The Balaban J connectivity index is 2.16. The number of hydrogen-bond donors (Lipinski definition) is 4. The molecular weight excluding hydrogens is 382 g/mol. The second-order valence-electron chi connectivity index (χ2n) is 5.91. The fraction of sp³-hybridized carbons (Fsp3) is 0.500. The van der Waals surface area contributed by atoms with Crippen LogP contribution in [0.3, 0.4) is 0 Å². The van der Waals surface area contributed by atoms with E-state index >= 15 is 0 Å². The van der Waals surface area contributed by atoms with Crippen LogP contribution in [0.1, 0.15) is 19.5 Å². The number of aldehydes is 1. The lowest BCUT2D eigenvalue weighted by molar-refractivity contribution is -0.140. The molecule has 1 amide bonds. The minimum absolute atomic E-state index is 0.135. The first-order chi connectivity index (χ1) is 12.2. The number of thiazole rings is 1. The van der Waals surface area contributed by atoms with Crippen molar-refractivity contribution in [1.29, 1.82) is 0 Å². The minimum Gasteiger partial charge on any atom is -0.480 e. The van der Waals surface area contributed by atoms with E-state index in [1.807, 2.05) is 0 Å². The maximum atomic E-state index is 12.5. The van der Waals surface area contributed by atoms with Gasteiger partial charge in [-0.05, 0) is 13.8 Å². The van der Waals surface area contributed by atoms with Gasteiger partial charge in [0.2, 0.25) is 0 Å². The summed E-state index contributed by atoms with van der Waals surface area (Å²) < 4.78 is -0.657. The van der Waals surface area contributed by atoms with Crippen molar-refractivity contribution in [3.63, 3.8) is 0 Å². The van der Waals surface area contributed by atoms with Crippen molar-refractivity contribution in [3.8, 4) is 0 Å². The van der Waals surface area contributed by atoms with Gasteiger partial charge in [-0.1, -0.05) is 5.16 Å². The van der Waals surface area contributed by atoms with Crippen molar-refractivity contribution in [3.05, 3.63) is 11.1 Å². The van der Waals surface area contributed by atoms with Crippen LogP contribution in [0, 0.1) is 0 Å². The van der Waals surface area contributed by atoms with Gasteiger partial charge in [0.25, 0.3) is 5.91 Å². The average molecular weight is 401 g/mol. The normalized spacial score (nSPS) is 23.3. The molecule has 2 rings (SSSR count). The van der Waals surface area contributed by atoms with Crippen LogP contribution in [0.4, 0.5) is 5.13 Å². The zero-order valence-electron chi connectivity index (χ0n) is 14.3. The molecule has 0 radical (unpaired) electrons. The van der Waals surface area contributed by atoms with Gasteiger partial charge in [-0.2, -0.15) is 0 Å². The number of aromatic nitrogens is 1. The highest BCUT2D eigenvalue weighted by atomic mass is 32.2. The molecule has 2 heterocycles. The Labute approximate surface area is 157 Å². The standard InChI is InChI=1S/C14H19N5O5S2/c1-14(2)9(12(22)23)18-11(26-14)6(4-20)16-10(21)8(19-24-3)7-5-25-13(15)17-7/h4-6,9,11,18H,1-3H3,(H2,15,17)(H,16,21)(H,22,23). The summed E-state index contributed by atoms with van der Waals surface area (Å²) in [4.78, 5) is 44.1. The quantitative estimate of drug-likeness (QED) is 0.272. The Kier molecular flexibility index (Phi) is 6.21. The summed E-state index contributed by atoms with van der Waals surface area (Å²) in [6.45, 7) is 3.51. The van der Waals surface area contributed by atoms with Crippen molar-refractivity contribution < 1.29 is 24.3 Å². The lowest BCUT2D eigenvalue weighted by atomic mass is 10.0.